The summed E-state index contributed by atoms with van der Waals surface area (Å²) in [5.74, 6) is -1.76. The number of rotatable bonds is 9. The van der Waals surface area contributed by atoms with E-state index in [0.29, 0.717) is 11.4 Å². The minimum Gasteiger partial charge on any atom is -0.480 e. The van der Waals surface area contributed by atoms with Gasteiger partial charge in [-0.15, -0.1) is 0 Å². The number of carboxylic acid groups (broad SMARTS) is 1. The van der Waals surface area contributed by atoms with E-state index in [1.165, 1.54) is 27.3 Å². The molecule has 1 aliphatic heterocycles. The maximum Gasteiger partial charge on any atom is 0.416 e. The number of alkyl halides is 3. The van der Waals surface area contributed by atoms with E-state index in [2.05, 4.69) is 5.10 Å². The van der Waals surface area contributed by atoms with Crippen molar-refractivity contribution in [2.45, 2.75) is 30.6 Å². The van der Waals surface area contributed by atoms with Gasteiger partial charge in [-0.2, -0.15) is 35.3 Å². The summed E-state index contributed by atoms with van der Waals surface area (Å²) in [7, 11) is -4.26. The minimum atomic E-state index is -4.45. The number of carbonyl (C=O) groups is 1. The Hall–Kier alpha value is -3.62. The number of carboxylic acids is 1. The van der Waals surface area contributed by atoms with Gasteiger partial charge < -0.3 is 15.7 Å². The lowest BCUT2D eigenvalue weighted by molar-refractivity contribution is -0.143. The molecule has 2 unspecified atom stereocenters. The van der Waals surface area contributed by atoms with E-state index < -0.39 is 39.4 Å². The smallest absolute Gasteiger partial charge is 0.416 e. The highest BCUT2D eigenvalue weighted by Crippen LogP contribution is 2.57. The molecule has 5 rings (SSSR count). The van der Waals surface area contributed by atoms with Gasteiger partial charge in [-0.3, -0.25) is 9.48 Å². The third-order valence-corrected chi connectivity index (χ3v) is 9.62. The van der Waals surface area contributed by atoms with Crippen LogP contribution in [0.3, 0.4) is 0 Å². The number of nitrogen functional groups attached to an aromatic ring is 1. The van der Waals surface area contributed by atoms with Gasteiger partial charge in [0.15, 0.2) is 0 Å². The van der Waals surface area contributed by atoms with Crippen LogP contribution in [0.4, 0.5) is 24.5 Å². The first-order valence-corrected chi connectivity index (χ1v) is 14.1. The molecule has 2 fully saturated rings. The Morgan fingerprint density at radius 3 is 2.27 bits per heavy atom. The van der Waals surface area contributed by atoms with Crippen molar-refractivity contribution in [3.63, 3.8) is 0 Å². The summed E-state index contributed by atoms with van der Waals surface area (Å²) in [4.78, 5) is 14.5. The number of benzene rings is 2. The molecule has 2 atom stereocenters. The van der Waals surface area contributed by atoms with Crippen molar-refractivity contribution in [3.05, 3.63) is 78.1 Å². The predicted octanol–water partition coefficient (Wildman–Crippen LogP) is 2.86. The molecule has 1 saturated carbocycles. The van der Waals surface area contributed by atoms with E-state index in [1.807, 2.05) is 0 Å². The molecule has 1 aliphatic carbocycles. The van der Waals surface area contributed by atoms with Crippen LogP contribution < -0.4 is 10.6 Å². The molecule has 0 bridgehead atoms. The second-order valence-electron chi connectivity index (χ2n) is 9.94. The lowest BCUT2D eigenvalue weighted by Gasteiger charge is -2.39. The maximum atomic E-state index is 14.1. The zero-order chi connectivity index (χ0) is 28.7. The molecule has 2 aromatic carbocycles. The van der Waals surface area contributed by atoms with E-state index in [-0.39, 0.29) is 45.7 Å². The molecule has 14 heteroatoms. The fraction of sp³-hybridized carbons (Fsp3) is 0.385. The van der Waals surface area contributed by atoms with Crippen LogP contribution in [0.2, 0.25) is 0 Å². The van der Waals surface area contributed by atoms with E-state index in [0.717, 1.165) is 22.0 Å². The summed E-state index contributed by atoms with van der Waals surface area (Å²) in [6.45, 7) is 0.504. The average molecular weight is 579 g/mol. The summed E-state index contributed by atoms with van der Waals surface area (Å²) in [6, 6.07) is 13.7. The first kappa shape index (κ1) is 27.9. The van der Waals surface area contributed by atoms with Gasteiger partial charge in [0.25, 0.3) is 10.2 Å². The number of nitrogens with zero attached hydrogens (tertiary/aromatic N) is 5. The van der Waals surface area contributed by atoms with Crippen molar-refractivity contribution in [2.24, 2.45) is 0 Å². The van der Waals surface area contributed by atoms with Crippen LogP contribution in [0.5, 0.6) is 0 Å². The topological polar surface area (TPSA) is 125 Å². The quantitative estimate of drug-likeness (QED) is 0.400. The van der Waals surface area contributed by atoms with Gasteiger partial charge in [0.05, 0.1) is 24.0 Å². The van der Waals surface area contributed by atoms with Crippen LogP contribution in [0.1, 0.15) is 23.5 Å². The molecule has 2 aliphatic rings. The van der Waals surface area contributed by atoms with Crippen LogP contribution in [0.15, 0.2) is 67.0 Å². The fourth-order valence-electron chi connectivity index (χ4n) is 5.34. The van der Waals surface area contributed by atoms with Gasteiger partial charge in [0.1, 0.15) is 5.54 Å². The molecule has 1 aromatic heterocycles. The lowest BCUT2D eigenvalue weighted by Crippen LogP contribution is -2.58. The molecule has 1 saturated heterocycles. The summed E-state index contributed by atoms with van der Waals surface area (Å²) in [5.41, 5.74) is 5.00. The van der Waals surface area contributed by atoms with Crippen molar-refractivity contribution >= 4 is 27.6 Å². The van der Waals surface area contributed by atoms with Gasteiger partial charge in [0, 0.05) is 50.5 Å². The molecule has 0 radical (unpaired) electrons. The number of nitrogens with two attached hydrogens (primary N) is 1. The molecule has 0 amide bonds. The summed E-state index contributed by atoms with van der Waals surface area (Å²) in [6.07, 6.45) is -1.35. The third kappa shape index (κ3) is 5.25. The van der Waals surface area contributed by atoms with Gasteiger partial charge in [-0.1, -0.05) is 30.3 Å². The van der Waals surface area contributed by atoms with Crippen LogP contribution >= 0.6 is 0 Å². The highest BCUT2D eigenvalue weighted by atomic mass is 32.2. The van der Waals surface area contributed by atoms with E-state index in [1.54, 1.807) is 41.4 Å². The number of aromatic nitrogens is 2. The standard InChI is InChI=1S/C26H29F3N6O4S/c27-26(28,29)20-6-8-22(9-7-20)32-10-13-34(14-11-32)40(38,39)35(15-12-33-18-21(30)17-31-33)25(24(36)37)16-23(25)19-4-2-1-3-5-19/h1-9,17-18,23H,10-16,30H2,(H,36,37). The van der Waals surface area contributed by atoms with Crippen LogP contribution in [0.25, 0.3) is 0 Å². The molecule has 10 nitrogen and oxygen atoms in total. The fourth-order valence-corrected chi connectivity index (χ4v) is 7.25. The molecule has 0 spiro atoms. The largest absolute Gasteiger partial charge is 0.480 e. The van der Waals surface area contributed by atoms with Gasteiger partial charge >= 0.3 is 12.1 Å². The normalized spacial score (nSPS) is 22.0. The van der Waals surface area contributed by atoms with Crippen LogP contribution in [-0.4, -0.2) is 76.1 Å². The SMILES string of the molecule is Nc1cnn(CCN(C2(C(=O)O)CC2c2ccccc2)S(=O)(=O)N2CCN(c3ccc(C(F)(F)F)cc3)CC2)c1. The molecule has 3 aromatic rings. The summed E-state index contributed by atoms with van der Waals surface area (Å²) in [5, 5.41) is 14.5. The Morgan fingerprint density at radius 1 is 1.07 bits per heavy atom. The van der Waals surface area contributed by atoms with Crippen molar-refractivity contribution in [1.82, 2.24) is 18.4 Å². The Bertz CT molecular complexity index is 1460. The minimum absolute atomic E-state index is 0.0419. The lowest BCUT2D eigenvalue weighted by atomic mass is 10.1. The average Bonchev–Trinajstić information content (AvgIpc) is 3.55. The number of hydrogen-bond donors (Lipinski definition) is 2. The van der Waals surface area contributed by atoms with E-state index >= 15 is 0 Å². The summed E-state index contributed by atoms with van der Waals surface area (Å²) < 4.78 is 70.8. The Morgan fingerprint density at radius 2 is 1.73 bits per heavy atom. The number of anilines is 2. The number of piperazine rings is 1. The number of halogens is 3. The molecular formula is C26H29F3N6O4S. The molecule has 214 valence electrons. The number of aliphatic carboxylic acids is 1. The molecule has 3 N–H and O–H groups in total. The number of hydrogen-bond acceptors (Lipinski definition) is 6. The van der Waals surface area contributed by atoms with Gasteiger partial charge in [-0.25, -0.2) is 0 Å². The highest BCUT2D eigenvalue weighted by Gasteiger charge is 2.68. The zero-order valence-electron chi connectivity index (χ0n) is 21.4. The van der Waals surface area contributed by atoms with E-state index in [9.17, 15) is 31.5 Å². The van der Waals surface area contributed by atoms with Crippen molar-refractivity contribution in [3.8, 4) is 0 Å². The zero-order valence-corrected chi connectivity index (χ0v) is 22.2. The molecular weight excluding hydrogens is 549 g/mol. The molecule has 2 heterocycles. The highest BCUT2D eigenvalue weighted by molar-refractivity contribution is 7.86. The Labute approximate surface area is 229 Å². The van der Waals surface area contributed by atoms with Gasteiger partial charge in [0.2, 0.25) is 0 Å². The Balaban J connectivity index is 1.38. The predicted molar refractivity (Wildman–Crippen MR) is 142 cm³/mol. The molecule has 40 heavy (non-hydrogen) atoms. The van der Waals surface area contributed by atoms with Crippen molar-refractivity contribution < 1.29 is 31.5 Å². The van der Waals surface area contributed by atoms with Crippen molar-refractivity contribution in [1.29, 1.82) is 0 Å². The van der Waals surface area contributed by atoms with Crippen LogP contribution in [-0.2, 0) is 27.7 Å². The Kier molecular flexibility index (Phi) is 7.27. The third-order valence-electron chi connectivity index (χ3n) is 7.54. The first-order valence-electron chi connectivity index (χ1n) is 12.7. The maximum absolute atomic E-state index is 14.1. The monoisotopic (exact) mass is 578 g/mol. The second kappa shape index (κ2) is 10.4. The van der Waals surface area contributed by atoms with Gasteiger partial charge in [-0.05, 0) is 36.2 Å². The summed E-state index contributed by atoms with van der Waals surface area (Å²) >= 11 is 0. The van der Waals surface area contributed by atoms with E-state index in [4.69, 9.17) is 5.73 Å². The second-order valence-corrected chi connectivity index (χ2v) is 11.8. The van der Waals surface area contributed by atoms with Crippen molar-refractivity contribution in [2.75, 3.05) is 43.4 Å². The first-order chi connectivity index (χ1) is 18.9. The van der Waals surface area contributed by atoms with Crippen LogP contribution in [0, 0.1) is 0 Å².